The number of aliphatic carboxylic acids is 1. The summed E-state index contributed by atoms with van der Waals surface area (Å²) in [6, 6.07) is 4.94. The fourth-order valence-electron chi connectivity index (χ4n) is 2.45. The molecule has 0 fully saturated rings. The third-order valence-electron chi connectivity index (χ3n) is 3.33. The summed E-state index contributed by atoms with van der Waals surface area (Å²) in [6.45, 7) is 1.83. The van der Waals surface area contributed by atoms with Crippen LogP contribution in [0.3, 0.4) is 0 Å². The van der Waals surface area contributed by atoms with E-state index in [4.69, 9.17) is 5.11 Å². The van der Waals surface area contributed by atoms with Crippen LogP contribution in [0.2, 0.25) is 0 Å². The van der Waals surface area contributed by atoms with Crippen molar-refractivity contribution in [1.82, 2.24) is 0 Å². The summed E-state index contributed by atoms with van der Waals surface area (Å²) in [4.78, 5) is 12.7. The second-order valence-electron chi connectivity index (χ2n) is 4.71. The van der Waals surface area contributed by atoms with E-state index < -0.39 is 5.97 Å². The van der Waals surface area contributed by atoms with E-state index in [-0.39, 0.29) is 12.2 Å². The Morgan fingerprint density at radius 1 is 1.39 bits per heavy atom. The van der Waals surface area contributed by atoms with Gasteiger partial charge in [-0.3, -0.25) is 4.79 Å². The Balaban J connectivity index is 1.93. The number of anilines is 1. The lowest BCUT2D eigenvalue weighted by Crippen LogP contribution is -2.30. The normalized spacial score (nSPS) is 14.4. The van der Waals surface area contributed by atoms with Gasteiger partial charge in [-0.1, -0.05) is 0 Å². The number of carboxylic acid groups (broad SMARTS) is 1. The highest BCUT2D eigenvalue weighted by molar-refractivity contribution is 5.66. The molecular formula is C14H18FNO2. The second kappa shape index (κ2) is 5.85. The first-order chi connectivity index (χ1) is 8.66. The molecule has 0 aromatic heterocycles. The first-order valence-electron chi connectivity index (χ1n) is 6.42. The van der Waals surface area contributed by atoms with Crippen molar-refractivity contribution >= 4 is 11.7 Å². The first-order valence-corrected chi connectivity index (χ1v) is 6.42. The number of unbranched alkanes of at least 4 members (excludes halogenated alkanes) is 1. The van der Waals surface area contributed by atoms with E-state index >= 15 is 0 Å². The molecule has 1 N–H and O–H groups in total. The van der Waals surface area contributed by atoms with Crippen molar-refractivity contribution in [3.05, 3.63) is 29.6 Å². The van der Waals surface area contributed by atoms with Gasteiger partial charge in [-0.15, -0.1) is 0 Å². The van der Waals surface area contributed by atoms with Crippen LogP contribution < -0.4 is 4.90 Å². The summed E-state index contributed by atoms with van der Waals surface area (Å²) >= 11 is 0. The highest BCUT2D eigenvalue weighted by Gasteiger charge is 2.16. The van der Waals surface area contributed by atoms with Gasteiger partial charge in [0.15, 0.2) is 0 Å². The Hall–Kier alpha value is -1.58. The van der Waals surface area contributed by atoms with Crippen molar-refractivity contribution in [2.75, 3.05) is 18.0 Å². The summed E-state index contributed by atoms with van der Waals surface area (Å²) in [6.07, 6.45) is 3.75. The van der Waals surface area contributed by atoms with Gasteiger partial charge in [0.25, 0.3) is 0 Å². The molecule has 1 aliphatic heterocycles. The fourth-order valence-corrected chi connectivity index (χ4v) is 2.45. The largest absolute Gasteiger partial charge is 0.481 e. The van der Waals surface area contributed by atoms with Crippen molar-refractivity contribution in [3.63, 3.8) is 0 Å². The van der Waals surface area contributed by atoms with E-state index in [0.717, 1.165) is 43.6 Å². The van der Waals surface area contributed by atoms with Crippen LogP contribution in [0, 0.1) is 5.82 Å². The van der Waals surface area contributed by atoms with Gasteiger partial charge in [-0.25, -0.2) is 4.39 Å². The third kappa shape index (κ3) is 3.22. The predicted octanol–water partition coefficient (Wildman–Crippen LogP) is 2.83. The van der Waals surface area contributed by atoms with Gasteiger partial charge < -0.3 is 10.0 Å². The Morgan fingerprint density at radius 2 is 2.22 bits per heavy atom. The molecule has 0 aliphatic carbocycles. The summed E-state index contributed by atoms with van der Waals surface area (Å²) in [5.41, 5.74) is 2.18. The molecule has 1 aliphatic rings. The molecule has 0 unspecified atom stereocenters. The Kier molecular flexibility index (Phi) is 4.18. The maximum atomic E-state index is 13.1. The number of carboxylic acids is 1. The van der Waals surface area contributed by atoms with Gasteiger partial charge in [-0.05, 0) is 49.4 Å². The monoisotopic (exact) mass is 251 g/mol. The molecule has 1 aromatic rings. The lowest BCUT2D eigenvalue weighted by Gasteiger charge is -2.31. The number of benzene rings is 1. The molecule has 3 nitrogen and oxygen atoms in total. The van der Waals surface area contributed by atoms with Gasteiger partial charge in [0.1, 0.15) is 5.82 Å². The van der Waals surface area contributed by atoms with Crippen molar-refractivity contribution in [1.29, 1.82) is 0 Å². The fraction of sp³-hybridized carbons (Fsp3) is 0.500. The number of halogens is 1. The minimum Gasteiger partial charge on any atom is -0.481 e. The number of fused-ring (bicyclic) bond motifs is 1. The topological polar surface area (TPSA) is 40.5 Å². The van der Waals surface area contributed by atoms with Crippen LogP contribution in [0.5, 0.6) is 0 Å². The van der Waals surface area contributed by atoms with Crippen LogP contribution in [-0.4, -0.2) is 24.2 Å². The van der Waals surface area contributed by atoms with Crippen LogP contribution in [-0.2, 0) is 11.2 Å². The Labute approximate surface area is 106 Å². The minimum absolute atomic E-state index is 0.179. The molecule has 98 valence electrons. The first kappa shape index (κ1) is 12.9. The molecular weight excluding hydrogens is 233 g/mol. The molecule has 2 rings (SSSR count). The summed E-state index contributed by atoms with van der Waals surface area (Å²) in [5, 5.41) is 8.58. The van der Waals surface area contributed by atoms with E-state index in [9.17, 15) is 9.18 Å². The van der Waals surface area contributed by atoms with Crippen molar-refractivity contribution in [2.45, 2.75) is 32.1 Å². The smallest absolute Gasteiger partial charge is 0.303 e. The van der Waals surface area contributed by atoms with Crippen LogP contribution >= 0.6 is 0 Å². The number of hydrogen-bond acceptors (Lipinski definition) is 2. The molecule has 0 amide bonds. The van der Waals surface area contributed by atoms with Crippen molar-refractivity contribution in [2.24, 2.45) is 0 Å². The van der Waals surface area contributed by atoms with Gasteiger partial charge in [-0.2, -0.15) is 0 Å². The van der Waals surface area contributed by atoms with E-state index in [2.05, 4.69) is 4.90 Å². The van der Waals surface area contributed by atoms with Crippen LogP contribution in [0.4, 0.5) is 10.1 Å². The van der Waals surface area contributed by atoms with E-state index in [1.807, 2.05) is 6.07 Å². The third-order valence-corrected chi connectivity index (χ3v) is 3.33. The molecule has 0 saturated heterocycles. The van der Waals surface area contributed by atoms with Gasteiger partial charge in [0.2, 0.25) is 0 Å². The molecule has 1 aromatic carbocycles. The van der Waals surface area contributed by atoms with Gasteiger partial charge in [0, 0.05) is 25.2 Å². The van der Waals surface area contributed by atoms with E-state index in [1.54, 1.807) is 6.07 Å². The van der Waals surface area contributed by atoms with Crippen molar-refractivity contribution < 1.29 is 14.3 Å². The maximum Gasteiger partial charge on any atom is 0.303 e. The SMILES string of the molecule is O=C(O)CCCCN1CCCc2cc(F)ccc21. The zero-order valence-corrected chi connectivity index (χ0v) is 10.4. The van der Waals surface area contributed by atoms with Crippen LogP contribution in [0.25, 0.3) is 0 Å². The lowest BCUT2D eigenvalue weighted by molar-refractivity contribution is -0.137. The molecule has 0 bridgehead atoms. The lowest BCUT2D eigenvalue weighted by atomic mass is 10.0. The number of rotatable bonds is 5. The quantitative estimate of drug-likeness (QED) is 0.818. The molecule has 0 atom stereocenters. The molecule has 0 radical (unpaired) electrons. The zero-order chi connectivity index (χ0) is 13.0. The second-order valence-corrected chi connectivity index (χ2v) is 4.71. The highest BCUT2D eigenvalue weighted by atomic mass is 19.1. The standard InChI is InChI=1S/C14H18FNO2/c15-12-6-7-13-11(10-12)4-3-9-16(13)8-2-1-5-14(17)18/h6-7,10H,1-5,8-9H2,(H,17,18). The van der Waals surface area contributed by atoms with Crippen LogP contribution in [0.1, 0.15) is 31.2 Å². The number of nitrogens with zero attached hydrogens (tertiary/aromatic N) is 1. The molecule has 4 heteroatoms. The Morgan fingerprint density at radius 3 is 3.00 bits per heavy atom. The average Bonchev–Trinajstić information content (AvgIpc) is 2.34. The zero-order valence-electron chi connectivity index (χ0n) is 10.4. The van der Waals surface area contributed by atoms with Gasteiger partial charge >= 0.3 is 5.97 Å². The predicted molar refractivity (Wildman–Crippen MR) is 68.4 cm³/mol. The summed E-state index contributed by atoms with van der Waals surface area (Å²) < 4.78 is 13.1. The van der Waals surface area contributed by atoms with E-state index in [1.165, 1.54) is 6.07 Å². The highest BCUT2D eigenvalue weighted by Crippen LogP contribution is 2.27. The summed E-state index contributed by atoms with van der Waals surface area (Å²) in [5.74, 6) is -0.919. The molecule has 1 heterocycles. The molecule has 18 heavy (non-hydrogen) atoms. The molecule has 0 saturated carbocycles. The number of aryl methyl sites for hydroxylation is 1. The van der Waals surface area contributed by atoms with Crippen LogP contribution in [0.15, 0.2) is 18.2 Å². The van der Waals surface area contributed by atoms with E-state index in [0.29, 0.717) is 6.42 Å². The number of hydrogen-bond donors (Lipinski definition) is 1. The average molecular weight is 251 g/mol. The van der Waals surface area contributed by atoms with Gasteiger partial charge in [0.05, 0.1) is 0 Å². The molecule has 0 spiro atoms. The Bertz CT molecular complexity index is 434. The minimum atomic E-state index is -0.740. The maximum absolute atomic E-state index is 13.1. The number of carbonyl (C=O) groups is 1. The summed E-state index contributed by atoms with van der Waals surface area (Å²) in [7, 11) is 0. The van der Waals surface area contributed by atoms with Crippen molar-refractivity contribution in [3.8, 4) is 0 Å².